The maximum Gasteiger partial charge on any atom is 0.261 e. The summed E-state index contributed by atoms with van der Waals surface area (Å²) < 4.78 is 1.86. The number of rotatable bonds is 1. The van der Waals surface area contributed by atoms with Gasteiger partial charge >= 0.3 is 0 Å². The lowest BCUT2D eigenvalue weighted by Gasteiger charge is -2.03. The van der Waals surface area contributed by atoms with Crippen LogP contribution < -0.4 is 5.56 Å². The van der Waals surface area contributed by atoms with Crippen LogP contribution in [-0.4, -0.2) is 9.55 Å². The Labute approximate surface area is 92.0 Å². The van der Waals surface area contributed by atoms with Crippen LogP contribution in [0.3, 0.4) is 0 Å². The lowest BCUT2D eigenvalue weighted by molar-refractivity contribution is 0.809. The molecule has 0 saturated carbocycles. The molecule has 0 atom stereocenters. The number of aromatic nitrogens is 2. The number of nitrogens with zero attached hydrogens (tertiary/aromatic N) is 1. The molecule has 1 N–H and O–H groups in total. The van der Waals surface area contributed by atoms with Crippen molar-refractivity contribution >= 4 is 12.2 Å². The summed E-state index contributed by atoms with van der Waals surface area (Å²) in [5.41, 5.74) is 1.45. The van der Waals surface area contributed by atoms with Crippen molar-refractivity contribution in [3.05, 3.63) is 51.7 Å². The van der Waals surface area contributed by atoms with Crippen molar-refractivity contribution in [2.24, 2.45) is 7.05 Å². The third kappa shape index (κ3) is 1.76. The zero-order valence-corrected chi connectivity index (χ0v) is 9.04. The fourth-order valence-corrected chi connectivity index (χ4v) is 1.53. The Bertz CT molecular complexity index is 584. The number of H-pyrrole nitrogens is 1. The van der Waals surface area contributed by atoms with Crippen LogP contribution in [0.5, 0.6) is 0 Å². The predicted octanol–water partition coefficient (Wildman–Crippen LogP) is 2.11. The first-order valence-corrected chi connectivity index (χ1v) is 4.95. The van der Waals surface area contributed by atoms with Gasteiger partial charge in [0, 0.05) is 13.2 Å². The smallest absolute Gasteiger partial charge is 0.261 e. The Balaban J connectivity index is 2.71. The number of benzene rings is 1. The molecule has 0 spiro atoms. The minimum Gasteiger partial charge on any atom is -0.338 e. The molecule has 0 aliphatic heterocycles. The van der Waals surface area contributed by atoms with Crippen LogP contribution >= 0.6 is 12.2 Å². The van der Waals surface area contributed by atoms with Crippen LogP contribution in [0.1, 0.15) is 0 Å². The maximum atomic E-state index is 11.9. The van der Waals surface area contributed by atoms with Gasteiger partial charge < -0.3 is 4.98 Å². The topological polar surface area (TPSA) is 37.8 Å². The van der Waals surface area contributed by atoms with Gasteiger partial charge in [-0.1, -0.05) is 30.3 Å². The van der Waals surface area contributed by atoms with Gasteiger partial charge in [0.05, 0.1) is 5.56 Å². The molecule has 0 unspecified atom stereocenters. The van der Waals surface area contributed by atoms with Crippen molar-refractivity contribution in [2.45, 2.75) is 0 Å². The van der Waals surface area contributed by atoms with Gasteiger partial charge in [0.25, 0.3) is 5.56 Å². The monoisotopic (exact) mass is 218 g/mol. The van der Waals surface area contributed by atoms with Gasteiger partial charge in [-0.25, -0.2) is 0 Å². The molecule has 0 aliphatic carbocycles. The van der Waals surface area contributed by atoms with E-state index in [0.29, 0.717) is 10.3 Å². The van der Waals surface area contributed by atoms with Crippen molar-refractivity contribution in [2.75, 3.05) is 0 Å². The molecular formula is C11H10N2OS. The summed E-state index contributed by atoms with van der Waals surface area (Å²) in [4.78, 5) is 14.8. The standard InChI is InChI=1S/C11H10N2OS/c1-13-10(14)9(7-12-11(13)15)8-5-3-2-4-6-8/h2-7H,1H3,(H,12,15). The molecule has 3 nitrogen and oxygen atoms in total. The molecule has 1 heterocycles. The largest absolute Gasteiger partial charge is 0.338 e. The molecule has 0 fully saturated rings. The van der Waals surface area contributed by atoms with E-state index in [1.165, 1.54) is 4.57 Å². The Hall–Kier alpha value is -1.68. The first-order valence-electron chi connectivity index (χ1n) is 4.54. The highest BCUT2D eigenvalue weighted by Crippen LogP contribution is 2.12. The van der Waals surface area contributed by atoms with Crippen LogP contribution in [0.2, 0.25) is 0 Å². The average molecular weight is 218 g/mol. The van der Waals surface area contributed by atoms with E-state index < -0.39 is 0 Å². The third-order valence-corrected chi connectivity index (χ3v) is 2.66. The van der Waals surface area contributed by atoms with Crippen LogP contribution in [0.25, 0.3) is 11.1 Å². The average Bonchev–Trinajstić information content (AvgIpc) is 2.27. The molecular weight excluding hydrogens is 208 g/mol. The lowest BCUT2D eigenvalue weighted by Crippen LogP contribution is -2.19. The number of aromatic amines is 1. The second-order valence-electron chi connectivity index (χ2n) is 3.24. The highest BCUT2D eigenvalue weighted by atomic mass is 32.1. The first kappa shape index (κ1) is 9.86. The summed E-state index contributed by atoms with van der Waals surface area (Å²) in [5, 5.41) is 0. The minimum absolute atomic E-state index is 0.0787. The summed E-state index contributed by atoms with van der Waals surface area (Å²) >= 11 is 4.96. The fraction of sp³-hybridized carbons (Fsp3) is 0.0909. The Morgan fingerprint density at radius 3 is 2.60 bits per heavy atom. The Morgan fingerprint density at radius 1 is 1.27 bits per heavy atom. The Kier molecular flexibility index (Phi) is 2.51. The number of nitrogens with one attached hydrogen (secondary N) is 1. The van der Waals surface area contributed by atoms with E-state index in [-0.39, 0.29) is 5.56 Å². The van der Waals surface area contributed by atoms with Crippen LogP contribution in [0, 0.1) is 4.77 Å². The Morgan fingerprint density at radius 2 is 1.93 bits per heavy atom. The van der Waals surface area contributed by atoms with Gasteiger partial charge in [-0.3, -0.25) is 9.36 Å². The van der Waals surface area contributed by atoms with Crippen molar-refractivity contribution in [3.63, 3.8) is 0 Å². The second-order valence-corrected chi connectivity index (χ2v) is 3.62. The molecule has 76 valence electrons. The molecule has 15 heavy (non-hydrogen) atoms. The molecule has 1 aromatic heterocycles. The van der Waals surface area contributed by atoms with Gasteiger partial charge in [-0.15, -0.1) is 0 Å². The molecule has 4 heteroatoms. The normalized spacial score (nSPS) is 10.2. The van der Waals surface area contributed by atoms with E-state index in [0.717, 1.165) is 5.56 Å². The molecule has 0 saturated heterocycles. The first-order chi connectivity index (χ1) is 7.20. The predicted molar refractivity (Wildman–Crippen MR) is 62.3 cm³/mol. The summed E-state index contributed by atoms with van der Waals surface area (Å²) in [5.74, 6) is 0. The molecule has 2 aromatic rings. The quantitative estimate of drug-likeness (QED) is 0.744. The summed E-state index contributed by atoms with van der Waals surface area (Å²) in [6, 6.07) is 9.51. The van der Waals surface area contributed by atoms with Crippen molar-refractivity contribution in [3.8, 4) is 11.1 Å². The second kappa shape index (κ2) is 3.82. The highest BCUT2D eigenvalue weighted by molar-refractivity contribution is 7.71. The van der Waals surface area contributed by atoms with Gasteiger partial charge in [0.1, 0.15) is 0 Å². The van der Waals surface area contributed by atoms with E-state index in [9.17, 15) is 4.79 Å². The molecule has 2 rings (SSSR count). The number of hydrogen-bond donors (Lipinski definition) is 1. The van der Waals surface area contributed by atoms with Gasteiger partial charge in [-0.05, 0) is 17.8 Å². The zero-order valence-electron chi connectivity index (χ0n) is 8.23. The minimum atomic E-state index is -0.0787. The van der Waals surface area contributed by atoms with Crippen LogP contribution in [0.15, 0.2) is 41.3 Å². The lowest BCUT2D eigenvalue weighted by atomic mass is 10.1. The van der Waals surface area contributed by atoms with Crippen LogP contribution in [-0.2, 0) is 7.05 Å². The van der Waals surface area contributed by atoms with Crippen molar-refractivity contribution in [1.29, 1.82) is 0 Å². The van der Waals surface area contributed by atoms with E-state index in [2.05, 4.69) is 4.98 Å². The van der Waals surface area contributed by atoms with E-state index >= 15 is 0 Å². The molecule has 0 radical (unpaired) electrons. The van der Waals surface area contributed by atoms with E-state index in [4.69, 9.17) is 12.2 Å². The van der Waals surface area contributed by atoms with Gasteiger partial charge in [-0.2, -0.15) is 0 Å². The zero-order chi connectivity index (χ0) is 10.8. The van der Waals surface area contributed by atoms with Crippen molar-refractivity contribution in [1.82, 2.24) is 9.55 Å². The SMILES string of the molecule is Cn1c(=S)[nH]cc(-c2ccccc2)c1=O. The van der Waals surface area contributed by atoms with Gasteiger partial charge in [0.2, 0.25) is 0 Å². The third-order valence-electron chi connectivity index (χ3n) is 2.26. The number of hydrogen-bond acceptors (Lipinski definition) is 2. The summed E-state index contributed by atoms with van der Waals surface area (Å²) in [6.07, 6.45) is 1.65. The molecule has 0 bridgehead atoms. The van der Waals surface area contributed by atoms with Gasteiger partial charge in [0.15, 0.2) is 4.77 Å². The maximum absolute atomic E-state index is 11.9. The molecule has 0 amide bonds. The molecule has 1 aromatic carbocycles. The summed E-state index contributed by atoms with van der Waals surface area (Å²) in [6.45, 7) is 0. The molecule has 0 aliphatic rings. The van der Waals surface area contributed by atoms with E-state index in [1.54, 1.807) is 13.2 Å². The van der Waals surface area contributed by atoms with Crippen LogP contribution in [0.4, 0.5) is 0 Å². The highest BCUT2D eigenvalue weighted by Gasteiger charge is 2.03. The fourth-order valence-electron chi connectivity index (χ4n) is 1.39. The summed E-state index contributed by atoms with van der Waals surface area (Å²) in [7, 11) is 1.66. The van der Waals surface area contributed by atoms with E-state index in [1.807, 2.05) is 30.3 Å². The van der Waals surface area contributed by atoms with Crippen molar-refractivity contribution < 1.29 is 0 Å².